The van der Waals surface area contributed by atoms with Crippen LogP contribution in [0.2, 0.25) is 5.02 Å². The predicted octanol–water partition coefficient (Wildman–Crippen LogP) is 2.35. The highest BCUT2D eigenvalue weighted by molar-refractivity contribution is 6.32. The van der Waals surface area contributed by atoms with E-state index in [0.717, 1.165) is 24.0 Å². The first-order chi connectivity index (χ1) is 7.55. The molecule has 3 N–H and O–H groups in total. The van der Waals surface area contributed by atoms with Crippen molar-refractivity contribution in [2.75, 3.05) is 13.7 Å². The fraction of sp³-hybridized carbons (Fsp3) is 0.500. The molecule has 0 amide bonds. The van der Waals surface area contributed by atoms with Crippen molar-refractivity contribution in [3.63, 3.8) is 0 Å². The SMILES string of the molecule is COc1c(Cl)cc(C)c(C2(CN)CC2)c1O. The van der Waals surface area contributed by atoms with Gasteiger partial charge in [-0.2, -0.15) is 0 Å². The number of ether oxygens (including phenoxy) is 1. The van der Waals surface area contributed by atoms with Crippen molar-refractivity contribution in [2.45, 2.75) is 25.2 Å². The molecule has 0 saturated heterocycles. The van der Waals surface area contributed by atoms with Crippen molar-refractivity contribution >= 4 is 11.6 Å². The maximum absolute atomic E-state index is 10.2. The third kappa shape index (κ3) is 1.55. The molecule has 0 heterocycles. The summed E-state index contributed by atoms with van der Waals surface area (Å²) >= 11 is 6.00. The van der Waals surface area contributed by atoms with Crippen molar-refractivity contribution < 1.29 is 9.84 Å². The van der Waals surface area contributed by atoms with Gasteiger partial charge in [0.2, 0.25) is 0 Å². The van der Waals surface area contributed by atoms with E-state index in [1.807, 2.05) is 13.0 Å². The Hall–Kier alpha value is -0.930. The molecule has 1 aromatic carbocycles. The first kappa shape index (κ1) is 11.6. The van der Waals surface area contributed by atoms with Gasteiger partial charge in [-0.05, 0) is 31.4 Å². The predicted molar refractivity (Wildman–Crippen MR) is 64.4 cm³/mol. The zero-order valence-electron chi connectivity index (χ0n) is 9.51. The maximum Gasteiger partial charge on any atom is 0.179 e. The van der Waals surface area contributed by atoms with E-state index < -0.39 is 0 Å². The van der Waals surface area contributed by atoms with E-state index in [4.69, 9.17) is 22.1 Å². The van der Waals surface area contributed by atoms with Gasteiger partial charge in [0, 0.05) is 17.5 Å². The standard InChI is InChI=1S/C12H16ClNO2/c1-7-5-8(13)11(16-2)10(15)9(7)12(6-14)3-4-12/h5,15H,3-4,6,14H2,1-2H3. The summed E-state index contributed by atoms with van der Waals surface area (Å²) in [6.07, 6.45) is 2.03. The Labute approximate surface area is 100 Å². The van der Waals surface area contributed by atoms with Gasteiger partial charge < -0.3 is 15.6 Å². The van der Waals surface area contributed by atoms with E-state index in [0.29, 0.717) is 17.3 Å². The molecule has 2 rings (SSSR count). The van der Waals surface area contributed by atoms with Crippen LogP contribution in [-0.2, 0) is 5.41 Å². The van der Waals surface area contributed by atoms with Crippen LogP contribution in [0.4, 0.5) is 0 Å². The summed E-state index contributed by atoms with van der Waals surface area (Å²) in [5.41, 5.74) is 7.60. The summed E-state index contributed by atoms with van der Waals surface area (Å²) in [5.74, 6) is 0.498. The second-order valence-electron chi connectivity index (χ2n) is 4.42. The Balaban J connectivity index is 2.61. The minimum absolute atomic E-state index is 0.0635. The Morgan fingerprint density at radius 2 is 2.19 bits per heavy atom. The van der Waals surface area contributed by atoms with E-state index in [1.54, 1.807) is 0 Å². The fourth-order valence-electron chi connectivity index (χ4n) is 2.31. The molecular weight excluding hydrogens is 226 g/mol. The lowest BCUT2D eigenvalue weighted by Crippen LogP contribution is -2.21. The van der Waals surface area contributed by atoms with Gasteiger partial charge in [-0.3, -0.25) is 0 Å². The molecule has 0 unspecified atom stereocenters. The Kier molecular flexibility index (Phi) is 2.76. The number of hydrogen-bond donors (Lipinski definition) is 2. The zero-order chi connectivity index (χ0) is 11.9. The highest BCUT2D eigenvalue weighted by Crippen LogP contribution is 2.54. The first-order valence-corrected chi connectivity index (χ1v) is 5.70. The molecule has 0 bridgehead atoms. The van der Waals surface area contributed by atoms with E-state index >= 15 is 0 Å². The van der Waals surface area contributed by atoms with Crippen LogP contribution in [0.3, 0.4) is 0 Å². The highest BCUT2D eigenvalue weighted by atomic mass is 35.5. The molecule has 4 heteroatoms. The molecule has 3 nitrogen and oxygen atoms in total. The van der Waals surface area contributed by atoms with Crippen LogP contribution >= 0.6 is 11.6 Å². The molecule has 88 valence electrons. The number of phenols is 1. The maximum atomic E-state index is 10.2. The van der Waals surface area contributed by atoms with Gasteiger partial charge >= 0.3 is 0 Å². The van der Waals surface area contributed by atoms with Gasteiger partial charge in [0.05, 0.1) is 12.1 Å². The van der Waals surface area contributed by atoms with Crippen molar-refractivity contribution in [1.82, 2.24) is 0 Å². The van der Waals surface area contributed by atoms with Gasteiger partial charge in [-0.15, -0.1) is 0 Å². The molecule has 1 aliphatic carbocycles. The first-order valence-electron chi connectivity index (χ1n) is 5.32. The van der Waals surface area contributed by atoms with Crippen molar-refractivity contribution in [1.29, 1.82) is 0 Å². The van der Waals surface area contributed by atoms with E-state index in [2.05, 4.69) is 0 Å². The lowest BCUT2D eigenvalue weighted by molar-refractivity contribution is 0.367. The quantitative estimate of drug-likeness (QED) is 0.854. The summed E-state index contributed by atoms with van der Waals surface area (Å²) < 4.78 is 5.12. The third-order valence-corrected chi connectivity index (χ3v) is 3.67. The van der Waals surface area contributed by atoms with Gasteiger partial charge in [0.1, 0.15) is 0 Å². The number of benzene rings is 1. The minimum Gasteiger partial charge on any atom is -0.504 e. The van der Waals surface area contributed by atoms with Gasteiger partial charge in [-0.25, -0.2) is 0 Å². The Bertz CT molecular complexity index is 428. The van der Waals surface area contributed by atoms with Gasteiger partial charge in [0.15, 0.2) is 11.5 Å². The summed E-state index contributed by atoms with van der Waals surface area (Å²) in [7, 11) is 1.50. The number of nitrogens with two attached hydrogens (primary N) is 1. The monoisotopic (exact) mass is 241 g/mol. The van der Waals surface area contributed by atoms with Crippen molar-refractivity contribution in [3.05, 3.63) is 22.2 Å². The Morgan fingerprint density at radius 1 is 1.56 bits per heavy atom. The largest absolute Gasteiger partial charge is 0.504 e. The summed E-state index contributed by atoms with van der Waals surface area (Å²) in [6.45, 7) is 2.49. The second-order valence-corrected chi connectivity index (χ2v) is 4.82. The number of hydrogen-bond acceptors (Lipinski definition) is 3. The number of halogens is 1. The number of phenolic OH excluding ortho intramolecular Hbond substituents is 1. The average Bonchev–Trinajstić information content (AvgIpc) is 2.98. The van der Waals surface area contributed by atoms with Crippen molar-refractivity contribution in [2.24, 2.45) is 5.73 Å². The summed E-state index contributed by atoms with van der Waals surface area (Å²) in [5, 5.41) is 10.6. The van der Waals surface area contributed by atoms with Crippen LogP contribution in [-0.4, -0.2) is 18.8 Å². The van der Waals surface area contributed by atoms with Crippen LogP contribution in [0, 0.1) is 6.92 Å². The van der Waals surface area contributed by atoms with Crippen LogP contribution < -0.4 is 10.5 Å². The minimum atomic E-state index is -0.0635. The number of aryl methyl sites for hydroxylation is 1. The van der Waals surface area contributed by atoms with Gasteiger partial charge in [-0.1, -0.05) is 11.6 Å². The van der Waals surface area contributed by atoms with Crippen molar-refractivity contribution in [3.8, 4) is 11.5 Å². The Morgan fingerprint density at radius 3 is 2.62 bits per heavy atom. The topological polar surface area (TPSA) is 55.5 Å². The zero-order valence-corrected chi connectivity index (χ0v) is 10.3. The van der Waals surface area contributed by atoms with Crippen LogP contribution in [0.5, 0.6) is 11.5 Å². The van der Waals surface area contributed by atoms with Crippen LogP contribution in [0.25, 0.3) is 0 Å². The number of aromatic hydroxyl groups is 1. The highest BCUT2D eigenvalue weighted by Gasteiger charge is 2.46. The van der Waals surface area contributed by atoms with E-state index in [1.165, 1.54) is 7.11 Å². The molecule has 1 aliphatic rings. The molecule has 0 atom stereocenters. The molecule has 1 saturated carbocycles. The molecular formula is C12H16ClNO2. The lowest BCUT2D eigenvalue weighted by atomic mass is 9.90. The fourth-order valence-corrected chi connectivity index (χ4v) is 2.64. The summed E-state index contributed by atoms with van der Waals surface area (Å²) in [6, 6.07) is 1.82. The third-order valence-electron chi connectivity index (χ3n) is 3.39. The molecule has 1 fully saturated rings. The second kappa shape index (κ2) is 3.82. The molecule has 1 aromatic rings. The van der Waals surface area contributed by atoms with E-state index in [9.17, 15) is 5.11 Å². The molecule has 16 heavy (non-hydrogen) atoms. The van der Waals surface area contributed by atoms with Gasteiger partial charge in [0.25, 0.3) is 0 Å². The van der Waals surface area contributed by atoms with E-state index in [-0.39, 0.29) is 11.2 Å². The normalized spacial score (nSPS) is 17.2. The van der Waals surface area contributed by atoms with Crippen LogP contribution in [0.15, 0.2) is 6.07 Å². The van der Waals surface area contributed by atoms with Crippen LogP contribution in [0.1, 0.15) is 24.0 Å². The number of methoxy groups -OCH3 is 1. The molecule has 0 spiro atoms. The molecule has 0 radical (unpaired) electrons. The lowest BCUT2D eigenvalue weighted by Gasteiger charge is -2.20. The molecule has 0 aliphatic heterocycles. The molecule has 0 aromatic heterocycles. The smallest absolute Gasteiger partial charge is 0.179 e. The summed E-state index contributed by atoms with van der Waals surface area (Å²) in [4.78, 5) is 0. The number of rotatable bonds is 3. The average molecular weight is 242 g/mol.